The van der Waals surface area contributed by atoms with Gasteiger partial charge in [-0.05, 0) is 65.9 Å². The summed E-state index contributed by atoms with van der Waals surface area (Å²) in [5.41, 5.74) is -6.24. The molecule has 2 aliphatic rings. The van der Waals surface area contributed by atoms with Gasteiger partial charge in [-0.25, -0.2) is 26.6 Å². The van der Waals surface area contributed by atoms with Crippen molar-refractivity contribution in [2.24, 2.45) is 5.92 Å². The topological polar surface area (TPSA) is 146 Å². The molecule has 3 atom stereocenters. The van der Waals surface area contributed by atoms with E-state index < -0.39 is 140 Å². The number of hydrogen-bond donors (Lipinski definition) is 2. The second-order valence-corrected chi connectivity index (χ2v) is 18.2. The molecule has 0 aliphatic heterocycles. The van der Waals surface area contributed by atoms with E-state index in [2.05, 4.69) is 20.5 Å². The van der Waals surface area contributed by atoms with E-state index in [9.17, 15) is 48.3 Å². The smallest absolute Gasteiger partial charge is 0.344 e. The van der Waals surface area contributed by atoms with Crippen LogP contribution in [0.3, 0.4) is 0 Å². The fraction of sp³-hybridized carbons (Fsp3) is 0.262. The van der Waals surface area contributed by atoms with Crippen LogP contribution < -0.4 is 15.6 Å². The molecular formula is C42H28ClF11N8O4S. The molecule has 0 spiro atoms. The first-order valence-electron chi connectivity index (χ1n) is 19.6. The SMILES string of the molecule is CS(=O)(=O)Nc1nn(CC(F)(F)F)c2c(-n3c([C@H](Cc4cc(F)cc(F)c4)NC(=O)Cn4nc(C(F)(F)F)c5c4C(F)(F)[C@@H]4C[C@H]54)nc4cc(-c5ccccc5F)ccc4c3=O)ccc(Cl)c12. The van der Waals surface area contributed by atoms with Crippen molar-refractivity contribution >= 4 is 55.2 Å². The molecule has 0 bridgehead atoms. The minimum atomic E-state index is -5.21. The Morgan fingerprint density at radius 3 is 2.30 bits per heavy atom. The Hall–Kier alpha value is -6.56. The van der Waals surface area contributed by atoms with Crippen molar-refractivity contribution in [3.8, 4) is 16.8 Å². The molecule has 25 heteroatoms. The number of carbonyl (C=O) groups is 1. The highest BCUT2D eigenvalue weighted by molar-refractivity contribution is 7.92. The van der Waals surface area contributed by atoms with E-state index in [4.69, 9.17) is 11.6 Å². The molecule has 7 aromatic rings. The van der Waals surface area contributed by atoms with Gasteiger partial charge >= 0.3 is 12.4 Å². The molecule has 2 aliphatic carbocycles. The van der Waals surface area contributed by atoms with Crippen molar-refractivity contribution in [3.05, 3.63) is 134 Å². The summed E-state index contributed by atoms with van der Waals surface area (Å²) in [4.78, 5) is 33.8. The van der Waals surface area contributed by atoms with E-state index in [-0.39, 0.29) is 48.4 Å². The molecule has 3 heterocycles. The van der Waals surface area contributed by atoms with Gasteiger partial charge in [0.25, 0.3) is 11.5 Å². The first kappa shape index (κ1) is 45.6. The summed E-state index contributed by atoms with van der Waals surface area (Å²) in [6, 6.07) is 11.4. The monoisotopic (exact) mass is 984 g/mol. The molecule has 1 saturated carbocycles. The molecule has 1 amide bonds. The number of aromatic nitrogens is 6. The predicted molar refractivity (Wildman–Crippen MR) is 218 cm³/mol. The maximum atomic E-state index is 15.5. The van der Waals surface area contributed by atoms with Crippen LogP contribution in [0.2, 0.25) is 5.02 Å². The second-order valence-electron chi connectivity index (χ2n) is 16.0. The van der Waals surface area contributed by atoms with Crippen molar-refractivity contribution in [1.82, 2.24) is 34.4 Å². The molecular weight excluding hydrogens is 957 g/mol. The first-order chi connectivity index (χ1) is 31.3. The van der Waals surface area contributed by atoms with Crippen LogP contribution in [-0.2, 0) is 46.4 Å². The van der Waals surface area contributed by atoms with E-state index in [1.54, 1.807) is 0 Å². The highest BCUT2D eigenvalue weighted by atomic mass is 35.5. The lowest BCUT2D eigenvalue weighted by molar-refractivity contribution is -0.142. The number of anilines is 1. The fourth-order valence-electron chi connectivity index (χ4n) is 8.65. The lowest BCUT2D eigenvalue weighted by Gasteiger charge is -2.24. The Balaban J connectivity index is 1.29. The van der Waals surface area contributed by atoms with Gasteiger partial charge in [0.15, 0.2) is 11.5 Å². The van der Waals surface area contributed by atoms with E-state index in [0.29, 0.717) is 16.9 Å². The number of benzene rings is 4. The van der Waals surface area contributed by atoms with Crippen LogP contribution in [0, 0.1) is 23.4 Å². The van der Waals surface area contributed by atoms with Gasteiger partial charge in [-0.2, -0.15) is 45.3 Å². The highest BCUT2D eigenvalue weighted by Crippen LogP contribution is 2.68. The largest absolute Gasteiger partial charge is 0.435 e. The van der Waals surface area contributed by atoms with Gasteiger partial charge < -0.3 is 5.32 Å². The first-order valence-corrected chi connectivity index (χ1v) is 21.9. The number of nitrogens with one attached hydrogen (secondary N) is 2. The van der Waals surface area contributed by atoms with Gasteiger partial charge in [0.2, 0.25) is 15.9 Å². The van der Waals surface area contributed by atoms with Gasteiger partial charge in [0.05, 0.1) is 44.8 Å². The molecule has 350 valence electrons. The Labute approximate surface area is 374 Å². The second kappa shape index (κ2) is 15.8. The summed E-state index contributed by atoms with van der Waals surface area (Å²) in [6.07, 6.45) is -10.6. The molecule has 3 aromatic heterocycles. The molecule has 1 fully saturated rings. The Bertz CT molecular complexity index is 3370. The standard InChI is InChI=1S/C42H28ClF11N8O4S/c1-67(65,66)59-37-33-26(43)8-9-30(34(33)61(58-37)17-40(47,48)49)62-38(56-28-13-19(6-7-23(28)39(62)64)22-4-2-3-5-27(22)46)29(12-18-10-20(44)14-21(45)11-18)55-31(63)16-60-36-32(35(57-60)42(52,53)54)24-15-25(24)41(36,50)51/h2-11,13-14,24-25,29H,12,15-17H2,1H3,(H,55,63)(H,58,59)/t24-,25+,29-/m0/s1. The van der Waals surface area contributed by atoms with Gasteiger partial charge in [-0.15, -0.1) is 0 Å². The summed E-state index contributed by atoms with van der Waals surface area (Å²) < 4.78 is 189. The highest BCUT2D eigenvalue weighted by Gasteiger charge is 2.68. The van der Waals surface area contributed by atoms with E-state index in [0.717, 1.165) is 30.3 Å². The van der Waals surface area contributed by atoms with Crippen molar-refractivity contribution in [2.75, 3.05) is 11.0 Å². The predicted octanol–water partition coefficient (Wildman–Crippen LogP) is 8.93. The van der Waals surface area contributed by atoms with Crippen LogP contribution in [0.1, 0.15) is 46.7 Å². The van der Waals surface area contributed by atoms with Crippen LogP contribution >= 0.6 is 11.6 Å². The maximum absolute atomic E-state index is 15.5. The minimum Gasteiger partial charge on any atom is -0.344 e. The van der Waals surface area contributed by atoms with Gasteiger partial charge in [-0.3, -0.25) is 28.2 Å². The van der Waals surface area contributed by atoms with Crippen LogP contribution in [0.4, 0.5) is 54.1 Å². The van der Waals surface area contributed by atoms with Gasteiger partial charge in [0.1, 0.15) is 42.1 Å². The van der Waals surface area contributed by atoms with Crippen LogP contribution in [0.15, 0.2) is 77.6 Å². The number of sulfonamides is 1. The lowest BCUT2D eigenvalue weighted by atomic mass is 10.0. The normalized spacial score (nSPS) is 17.1. The number of hydrogen-bond acceptors (Lipinski definition) is 7. The third-order valence-electron chi connectivity index (χ3n) is 11.3. The molecule has 67 heavy (non-hydrogen) atoms. The molecule has 4 aromatic carbocycles. The fourth-order valence-corrected chi connectivity index (χ4v) is 9.38. The number of nitrogens with zero attached hydrogens (tertiary/aromatic N) is 6. The molecule has 9 rings (SSSR count). The average molecular weight is 985 g/mol. The molecule has 0 radical (unpaired) electrons. The van der Waals surface area contributed by atoms with Crippen LogP contribution in [0.25, 0.3) is 38.6 Å². The zero-order chi connectivity index (χ0) is 48.3. The number of halogens is 12. The third kappa shape index (κ3) is 8.44. The molecule has 12 nitrogen and oxygen atoms in total. The zero-order valence-electron chi connectivity index (χ0n) is 33.7. The third-order valence-corrected chi connectivity index (χ3v) is 12.1. The maximum Gasteiger partial charge on any atom is 0.435 e. The molecule has 0 unspecified atom stereocenters. The van der Waals surface area contributed by atoms with Gasteiger partial charge in [0, 0.05) is 29.5 Å². The number of rotatable bonds is 11. The van der Waals surface area contributed by atoms with E-state index in [1.807, 2.05) is 4.72 Å². The van der Waals surface area contributed by atoms with Crippen molar-refractivity contribution in [3.63, 3.8) is 0 Å². The quantitative estimate of drug-likeness (QED) is 0.123. The summed E-state index contributed by atoms with van der Waals surface area (Å²) in [6.45, 7) is -3.23. The number of amides is 1. The minimum absolute atomic E-state index is 0.0119. The van der Waals surface area contributed by atoms with Crippen molar-refractivity contribution < 1.29 is 61.5 Å². The van der Waals surface area contributed by atoms with Crippen molar-refractivity contribution in [2.45, 2.75) is 56.2 Å². The van der Waals surface area contributed by atoms with Crippen molar-refractivity contribution in [1.29, 1.82) is 0 Å². The summed E-state index contributed by atoms with van der Waals surface area (Å²) in [5.74, 6) is -12.2. The Morgan fingerprint density at radius 1 is 0.940 bits per heavy atom. The Kier molecular flexibility index (Phi) is 10.7. The summed E-state index contributed by atoms with van der Waals surface area (Å²) in [7, 11) is -4.28. The van der Waals surface area contributed by atoms with Gasteiger partial charge in [-0.1, -0.05) is 35.9 Å². The zero-order valence-corrected chi connectivity index (χ0v) is 35.3. The molecule has 2 N–H and O–H groups in total. The number of carbonyl (C=O) groups excluding carboxylic acids is 1. The molecule has 0 saturated heterocycles. The number of fused-ring (bicyclic) bond motifs is 5. The Morgan fingerprint density at radius 2 is 1.64 bits per heavy atom. The number of alkyl halides is 8. The average Bonchev–Trinajstić information content (AvgIpc) is 3.73. The lowest BCUT2D eigenvalue weighted by Crippen LogP contribution is -2.38. The van der Waals surface area contributed by atoms with E-state index >= 15 is 18.0 Å². The van der Waals surface area contributed by atoms with Crippen LogP contribution in [-0.4, -0.2) is 55.9 Å². The van der Waals surface area contributed by atoms with E-state index in [1.165, 1.54) is 36.4 Å². The van der Waals surface area contributed by atoms with Crippen LogP contribution in [0.5, 0.6) is 0 Å². The summed E-state index contributed by atoms with van der Waals surface area (Å²) >= 11 is 6.48. The summed E-state index contributed by atoms with van der Waals surface area (Å²) in [5, 5.41) is 8.44.